The van der Waals surface area contributed by atoms with Gasteiger partial charge in [-0.2, -0.15) is 5.10 Å². The number of halogens is 2. The van der Waals surface area contributed by atoms with E-state index in [0.29, 0.717) is 48.9 Å². The van der Waals surface area contributed by atoms with Gasteiger partial charge in [-0.25, -0.2) is 38.4 Å². The SMILES string of the molecule is CO[C@H]1CN(C)C(=O)[C@@H]2C[C@@H](CN2c2ncnc3c2cnn3-c2ccc(F)cc2F)Nc2nccc(n2)-c2cccc3nc(C)n(c23)C1. The highest BCUT2D eigenvalue weighted by Crippen LogP contribution is 2.34. The minimum Gasteiger partial charge on any atom is -0.378 e. The predicted octanol–water partition coefficient (Wildman–Crippen LogP) is 3.76. The number of likely N-dealkylation sites (N-methyl/N-ethyl adjacent to an activating group) is 1. The number of methoxy groups -OCH3 is 1. The number of para-hydroxylation sites is 1. The van der Waals surface area contributed by atoms with Crippen LogP contribution >= 0.6 is 0 Å². The number of ether oxygens (including phenoxy) is 1. The normalized spacial score (nSPS) is 19.9. The van der Waals surface area contributed by atoms with E-state index in [1.807, 2.05) is 36.1 Å². The van der Waals surface area contributed by atoms with Crippen LogP contribution in [0.4, 0.5) is 20.5 Å². The summed E-state index contributed by atoms with van der Waals surface area (Å²) in [6.45, 7) is 3.13. The number of imidazole rings is 1. The lowest BCUT2D eigenvalue weighted by Crippen LogP contribution is -2.47. The number of aryl methyl sites for hydroxylation is 1. The second kappa shape index (κ2) is 11.6. The Balaban J connectivity index is 1.22. The van der Waals surface area contributed by atoms with E-state index in [2.05, 4.69) is 29.9 Å². The van der Waals surface area contributed by atoms with Gasteiger partial charge in [-0.1, -0.05) is 12.1 Å². The minimum atomic E-state index is -0.780. The summed E-state index contributed by atoms with van der Waals surface area (Å²) in [4.78, 5) is 41.1. The van der Waals surface area contributed by atoms with Gasteiger partial charge in [0.25, 0.3) is 0 Å². The molecule has 1 fully saturated rings. The van der Waals surface area contributed by atoms with E-state index >= 15 is 0 Å². The van der Waals surface area contributed by atoms with Gasteiger partial charge in [0.1, 0.15) is 35.5 Å². The molecule has 1 amide bonds. The van der Waals surface area contributed by atoms with Crippen LogP contribution < -0.4 is 10.2 Å². The average Bonchev–Trinajstić information content (AvgIpc) is 3.79. The van der Waals surface area contributed by atoms with Gasteiger partial charge in [0, 0.05) is 51.1 Å². The van der Waals surface area contributed by atoms with Crippen molar-refractivity contribution in [1.29, 1.82) is 0 Å². The first-order valence-electron chi connectivity index (χ1n) is 15.5. The largest absolute Gasteiger partial charge is 0.378 e. The fraction of sp³-hybridized carbons (Fsp3) is 0.303. The monoisotopic (exact) mass is 651 g/mol. The van der Waals surface area contributed by atoms with Crippen molar-refractivity contribution < 1.29 is 18.3 Å². The lowest BCUT2D eigenvalue weighted by atomic mass is 10.1. The number of fused-ring (bicyclic) bond motifs is 6. The highest BCUT2D eigenvalue weighted by molar-refractivity contribution is 5.93. The first kappa shape index (κ1) is 29.8. The van der Waals surface area contributed by atoms with Crippen LogP contribution in [-0.2, 0) is 16.1 Å². The van der Waals surface area contributed by atoms with Crippen LogP contribution in [0.5, 0.6) is 0 Å². The molecule has 0 spiro atoms. The molecule has 0 radical (unpaired) electrons. The molecule has 0 aliphatic carbocycles. The van der Waals surface area contributed by atoms with Crippen molar-refractivity contribution in [2.24, 2.45) is 0 Å². The van der Waals surface area contributed by atoms with E-state index in [-0.39, 0.29) is 23.7 Å². The van der Waals surface area contributed by atoms with Gasteiger partial charge >= 0.3 is 0 Å². The summed E-state index contributed by atoms with van der Waals surface area (Å²) in [5.41, 5.74) is 3.79. The van der Waals surface area contributed by atoms with E-state index in [4.69, 9.17) is 14.7 Å². The van der Waals surface area contributed by atoms with E-state index in [1.165, 1.54) is 23.3 Å². The number of anilines is 2. The number of amides is 1. The lowest BCUT2D eigenvalue weighted by Gasteiger charge is -2.30. The Morgan fingerprint density at radius 2 is 1.90 bits per heavy atom. The van der Waals surface area contributed by atoms with Gasteiger partial charge in [0.15, 0.2) is 11.5 Å². The number of rotatable bonds is 3. The quantitative estimate of drug-likeness (QED) is 0.302. The summed E-state index contributed by atoms with van der Waals surface area (Å²) in [7, 11) is 3.41. The first-order valence-corrected chi connectivity index (χ1v) is 15.5. The Morgan fingerprint density at radius 3 is 2.73 bits per heavy atom. The molecule has 48 heavy (non-hydrogen) atoms. The molecule has 2 aromatic carbocycles. The number of nitrogens with zero attached hydrogens (tertiary/aromatic N) is 10. The molecule has 6 heterocycles. The molecule has 4 bridgehead atoms. The molecule has 1 saturated heterocycles. The molecule has 1 N–H and O–H groups in total. The number of carbonyl (C=O) groups excluding carboxylic acids is 1. The van der Waals surface area contributed by atoms with Gasteiger partial charge in [-0.15, -0.1) is 0 Å². The summed E-state index contributed by atoms with van der Waals surface area (Å²) in [6.07, 6.45) is 4.69. The smallest absolute Gasteiger partial charge is 0.245 e. The van der Waals surface area contributed by atoms with E-state index < -0.39 is 17.7 Å². The van der Waals surface area contributed by atoms with Crippen LogP contribution in [0.3, 0.4) is 0 Å². The molecule has 6 aromatic rings. The van der Waals surface area contributed by atoms with Crippen molar-refractivity contribution in [2.45, 2.75) is 38.1 Å². The zero-order chi connectivity index (χ0) is 33.1. The van der Waals surface area contributed by atoms with Crippen LogP contribution in [-0.4, -0.2) is 95.5 Å². The molecule has 3 atom stereocenters. The molecule has 0 unspecified atom stereocenters. The zero-order valence-electron chi connectivity index (χ0n) is 26.4. The molecule has 0 saturated carbocycles. The third-order valence-corrected chi connectivity index (χ3v) is 9.14. The summed E-state index contributed by atoms with van der Waals surface area (Å²) >= 11 is 0. The molecular formula is C33H31F2N11O2. The second-order valence-corrected chi connectivity index (χ2v) is 12.1. The van der Waals surface area contributed by atoms with Gasteiger partial charge in [-0.3, -0.25) is 4.79 Å². The number of hydrogen-bond acceptors (Lipinski definition) is 10. The van der Waals surface area contributed by atoms with Crippen molar-refractivity contribution in [1.82, 2.24) is 44.2 Å². The van der Waals surface area contributed by atoms with Crippen LogP contribution in [0.2, 0.25) is 0 Å². The average molecular weight is 652 g/mol. The van der Waals surface area contributed by atoms with Gasteiger partial charge in [0.2, 0.25) is 11.9 Å². The Bertz CT molecular complexity index is 2200. The van der Waals surface area contributed by atoms with Gasteiger partial charge < -0.3 is 24.4 Å². The maximum atomic E-state index is 14.8. The topological polar surface area (TPSA) is 132 Å². The fourth-order valence-corrected chi connectivity index (χ4v) is 6.85. The number of hydrogen-bond donors (Lipinski definition) is 1. The number of benzene rings is 2. The molecule has 2 aliphatic rings. The number of aromatic nitrogens is 8. The molecule has 244 valence electrons. The van der Waals surface area contributed by atoms with Crippen LogP contribution in [0.25, 0.3) is 39.0 Å². The molecular weight excluding hydrogens is 620 g/mol. The molecule has 4 aromatic heterocycles. The van der Waals surface area contributed by atoms with Crippen molar-refractivity contribution in [3.63, 3.8) is 0 Å². The third-order valence-electron chi connectivity index (χ3n) is 9.14. The van der Waals surface area contributed by atoms with Crippen molar-refractivity contribution in [3.8, 4) is 16.9 Å². The highest BCUT2D eigenvalue weighted by atomic mass is 19.1. The maximum absolute atomic E-state index is 14.8. The summed E-state index contributed by atoms with van der Waals surface area (Å²) in [5.74, 6) is 0.118. The Labute approximate surface area is 273 Å². The minimum absolute atomic E-state index is 0.0421. The molecule has 8 rings (SSSR count). The Hall–Kier alpha value is -5.57. The van der Waals surface area contributed by atoms with E-state index in [9.17, 15) is 13.6 Å². The summed E-state index contributed by atoms with van der Waals surface area (Å²) < 4.78 is 37.8. The number of nitrogens with one attached hydrogen (secondary N) is 1. The summed E-state index contributed by atoms with van der Waals surface area (Å²) in [6, 6.07) is 10.2. The van der Waals surface area contributed by atoms with Crippen molar-refractivity contribution in [2.75, 3.05) is 37.5 Å². The molecule has 13 nitrogen and oxygen atoms in total. The predicted molar refractivity (Wildman–Crippen MR) is 174 cm³/mol. The third kappa shape index (κ3) is 4.97. The van der Waals surface area contributed by atoms with Crippen molar-refractivity contribution >= 4 is 39.7 Å². The Morgan fingerprint density at radius 1 is 1.02 bits per heavy atom. The maximum Gasteiger partial charge on any atom is 0.245 e. The van der Waals surface area contributed by atoms with Crippen LogP contribution in [0, 0.1) is 18.6 Å². The molecule has 2 aliphatic heterocycles. The van der Waals surface area contributed by atoms with E-state index in [0.717, 1.165) is 40.2 Å². The Kier molecular flexibility index (Phi) is 7.20. The van der Waals surface area contributed by atoms with Crippen molar-refractivity contribution in [3.05, 3.63) is 78.6 Å². The summed E-state index contributed by atoms with van der Waals surface area (Å²) in [5, 5.41) is 8.35. The molecule has 15 heteroatoms. The van der Waals surface area contributed by atoms with Crippen LogP contribution in [0.1, 0.15) is 12.2 Å². The second-order valence-electron chi connectivity index (χ2n) is 12.1. The number of carbonyl (C=O) groups is 1. The zero-order valence-corrected chi connectivity index (χ0v) is 26.4. The highest BCUT2D eigenvalue weighted by Gasteiger charge is 2.41. The standard InChI is InChI=1S/C33H31F2N11O2/c1-18-40-26-6-4-5-22-25-9-10-36-33(42-25)41-20-12-28(32(47)43(2)15-21(48-3)16-44(18)29(22)26)45(14-20)30-23-13-39-46(31(23)38-17-37-30)27-8-7-19(34)11-24(27)35/h4-11,13,17,20-21,28H,12,14-16H2,1-3H3,(H,36,41,42)/t20-,21-,28-/m0/s1. The van der Waals surface area contributed by atoms with Crippen LogP contribution in [0.15, 0.2) is 61.2 Å². The van der Waals surface area contributed by atoms with Gasteiger partial charge in [-0.05, 0) is 37.6 Å². The first-order chi connectivity index (χ1) is 23.3. The van der Waals surface area contributed by atoms with E-state index in [1.54, 1.807) is 25.3 Å². The fourth-order valence-electron chi connectivity index (χ4n) is 6.85. The lowest BCUT2D eigenvalue weighted by molar-refractivity contribution is -0.132. The van der Waals surface area contributed by atoms with Gasteiger partial charge in [0.05, 0.1) is 41.0 Å².